The number of rotatable bonds is 3. The molecule has 0 aliphatic rings. The van der Waals surface area contributed by atoms with Crippen molar-refractivity contribution in [3.63, 3.8) is 0 Å². The standard InChI is InChI=1S/C13H12N4S/c14-8-9-3-1-4-10(7-9)12-15-13(17-16-12)11-5-2-6-18-11/h1-7H,8,14H2,(H,15,16,17). The molecule has 18 heavy (non-hydrogen) atoms. The van der Waals surface area contributed by atoms with E-state index in [-0.39, 0.29) is 0 Å². The average molecular weight is 256 g/mol. The van der Waals surface area contributed by atoms with Crippen molar-refractivity contribution in [1.29, 1.82) is 0 Å². The summed E-state index contributed by atoms with van der Waals surface area (Å²) in [6.45, 7) is 0.524. The summed E-state index contributed by atoms with van der Waals surface area (Å²) >= 11 is 1.64. The van der Waals surface area contributed by atoms with Crippen LogP contribution in [0.5, 0.6) is 0 Å². The van der Waals surface area contributed by atoms with Gasteiger partial charge in [-0.15, -0.1) is 11.3 Å². The van der Waals surface area contributed by atoms with E-state index in [0.29, 0.717) is 12.4 Å². The van der Waals surface area contributed by atoms with Crippen LogP contribution in [0.25, 0.3) is 22.1 Å². The van der Waals surface area contributed by atoms with Crippen LogP contribution in [-0.4, -0.2) is 15.2 Å². The van der Waals surface area contributed by atoms with Gasteiger partial charge in [0.05, 0.1) is 4.88 Å². The van der Waals surface area contributed by atoms with Gasteiger partial charge in [0, 0.05) is 12.1 Å². The maximum absolute atomic E-state index is 5.63. The molecule has 3 rings (SSSR count). The Balaban J connectivity index is 1.97. The van der Waals surface area contributed by atoms with Gasteiger partial charge < -0.3 is 5.73 Å². The van der Waals surface area contributed by atoms with E-state index in [9.17, 15) is 0 Å². The number of aromatic amines is 1. The van der Waals surface area contributed by atoms with Gasteiger partial charge >= 0.3 is 0 Å². The van der Waals surface area contributed by atoms with E-state index in [1.807, 2.05) is 41.8 Å². The number of nitrogens with two attached hydrogens (primary N) is 1. The normalized spacial score (nSPS) is 10.7. The number of aromatic nitrogens is 3. The summed E-state index contributed by atoms with van der Waals surface area (Å²) in [6.07, 6.45) is 0. The first-order valence-corrected chi connectivity index (χ1v) is 6.50. The smallest absolute Gasteiger partial charge is 0.181 e. The third kappa shape index (κ3) is 2.05. The summed E-state index contributed by atoms with van der Waals surface area (Å²) in [5.41, 5.74) is 7.69. The lowest BCUT2D eigenvalue weighted by Crippen LogP contribution is -1.96. The quantitative estimate of drug-likeness (QED) is 0.757. The summed E-state index contributed by atoms with van der Waals surface area (Å²) in [4.78, 5) is 5.59. The third-order valence-corrected chi connectivity index (χ3v) is 3.54. The molecule has 0 aliphatic heterocycles. The Morgan fingerprint density at radius 2 is 2.17 bits per heavy atom. The van der Waals surface area contributed by atoms with Crippen molar-refractivity contribution >= 4 is 11.3 Å². The van der Waals surface area contributed by atoms with Gasteiger partial charge in [0.25, 0.3) is 0 Å². The van der Waals surface area contributed by atoms with Crippen LogP contribution in [0.4, 0.5) is 0 Å². The van der Waals surface area contributed by atoms with Crippen molar-refractivity contribution in [2.45, 2.75) is 6.54 Å². The second-order valence-electron chi connectivity index (χ2n) is 3.89. The molecule has 0 radical (unpaired) electrons. The first-order valence-electron chi connectivity index (χ1n) is 5.62. The minimum Gasteiger partial charge on any atom is -0.326 e. The van der Waals surface area contributed by atoms with Crippen LogP contribution in [0.1, 0.15) is 5.56 Å². The van der Waals surface area contributed by atoms with Gasteiger partial charge in [0.2, 0.25) is 0 Å². The molecule has 2 aromatic heterocycles. The second kappa shape index (κ2) is 4.72. The predicted molar refractivity (Wildman–Crippen MR) is 73.0 cm³/mol. The van der Waals surface area contributed by atoms with Gasteiger partial charge in [-0.05, 0) is 23.1 Å². The number of hydrogen-bond acceptors (Lipinski definition) is 4. The van der Waals surface area contributed by atoms with E-state index < -0.39 is 0 Å². The van der Waals surface area contributed by atoms with Crippen LogP contribution in [0.3, 0.4) is 0 Å². The molecule has 0 saturated heterocycles. The number of nitrogens with one attached hydrogen (secondary N) is 1. The number of H-pyrrole nitrogens is 1. The predicted octanol–water partition coefficient (Wildman–Crippen LogP) is 2.66. The molecule has 0 spiro atoms. The number of nitrogens with zero attached hydrogens (tertiary/aromatic N) is 2. The van der Waals surface area contributed by atoms with Gasteiger partial charge in [-0.2, -0.15) is 5.10 Å². The highest BCUT2D eigenvalue weighted by atomic mass is 32.1. The maximum Gasteiger partial charge on any atom is 0.181 e. The SMILES string of the molecule is NCc1cccc(-c2n[nH]c(-c3cccs3)n2)c1. The molecule has 3 aromatic rings. The fraction of sp³-hybridized carbons (Fsp3) is 0.0769. The first kappa shape index (κ1) is 11.1. The zero-order valence-electron chi connectivity index (χ0n) is 9.63. The third-order valence-electron chi connectivity index (χ3n) is 2.66. The van der Waals surface area contributed by atoms with Crippen LogP contribution < -0.4 is 5.73 Å². The van der Waals surface area contributed by atoms with Crippen molar-refractivity contribution in [3.05, 3.63) is 47.3 Å². The Morgan fingerprint density at radius 3 is 2.94 bits per heavy atom. The molecule has 0 fully saturated rings. The zero-order valence-corrected chi connectivity index (χ0v) is 10.4. The monoisotopic (exact) mass is 256 g/mol. The Morgan fingerprint density at radius 1 is 1.22 bits per heavy atom. The molecule has 90 valence electrons. The van der Waals surface area contributed by atoms with Crippen molar-refractivity contribution in [1.82, 2.24) is 15.2 Å². The Kier molecular flexibility index (Phi) is 2.92. The van der Waals surface area contributed by atoms with Crippen molar-refractivity contribution < 1.29 is 0 Å². The number of thiophene rings is 1. The van der Waals surface area contributed by atoms with Gasteiger partial charge in [-0.25, -0.2) is 4.98 Å². The molecule has 3 N–H and O–H groups in total. The highest BCUT2D eigenvalue weighted by Crippen LogP contribution is 2.23. The Labute approximate surface area is 109 Å². The molecule has 0 bridgehead atoms. The second-order valence-corrected chi connectivity index (χ2v) is 4.84. The summed E-state index contributed by atoms with van der Waals surface area (Å²) in [6, 6.07) is 12.0. The lowest BCUT2D eigenvalue weighted by molar-refractivity contribution is 1.07. The van der Waals surface area contributed by atoms with Crippen LogP contribution >= 0.6 is 11.3 Å². The number of hydrogen-bond donors (Lipinski definition) is 2. The fourth-order valence-corrected chi connectivity index (χ4v) is 2.42. The molecular formula is C13H12N4S. The van der Waals surface area contributed by atoms with Crippen molar-refractivity contribution in [3.8, 4) is 22.1 Å². The van der Waals surface area contributed by atoms with Crippen LogP contribution in [0, 0.1) is 0 Å². The zero-order chi connectivity index (χ0) is 12.4. The first-order chi connectivity index (χ1) is 8.86. The molecule has 1 aromatic carbocycles. The minimum absolute atomic E-state index is 0.524. The van der Waals surface area contributed by atoms with E-state index in [1.165, 1.54) is 0 Å². The summed E-state index contributed by atoms with van der Waals surface area (Å²) in [5, 5.41) is 9.23. The average Bonchev–Trinajstić information content (AvgIpc) is 3.09. The summed E-state index contributed by atoms with van der Waals surface area (Å²) in [5.74, 6) is 1.51. The molecular weight excluding hydrogens is 244 g/mol. The van der Waals surface area contributed by atoms with Crippen LogP contribution in [-0.2, 0) is 6.54 Å². The van der Waals surface area contributed by atoms with E-state index >= 15 is 0 Å². The van der Waals surface area contributed by atoms with Gasteiger partial charge in [-0.1, -0.05) is 24.3 Å². The molecule has 0 aliphatic carbocycles. The van der Waals surface area contributed by atoms with Crippen molar-refractivity contribution in [2.24, 2.45) is 5.73 Å². The van der Waals surface area contributed by atoms with Gasteiger partial charge in [0.15, 0.2) is 11.6 Å². The largest absolute Gasteiger partial charge is 0.326 e. The minimum atomic E-state index is 0.524. The van der Waals surface area contributed by atoms with Gasteiger partial charge in [0.1, 0.15) is 0 Å². The highest BCUT2D eigenvalue weighted by molar-refractivity contribution is 7.13. The molecule has 0 amide bonds. The van der Waals surface area contributed by atoms with E-state index in [4.69, 9.17) is 5.73 Å². The summed E-state index contributed by atoms with van der Waals surface area (Å²) < 4.78 is 0. The molecule has 0 saturated carbocycles. The lowest BCUT2D eigenvalue weighted by Gasteiger charge is -1.98. The summed E-state index contributed by atoms with van der Waals surface area (Å²) in [7, 11) is 0. The highest BCUT2D eigenvalue weighted by Gasteiger charge is 2.08. The van der Waals surface area contributed by atoms with Gasteiger partial charge in [-0.3, -0.25) is 5.10 Å². The molecule has 0 atom stereocenters. The molecule has 5 heteroatoms. The topological polar surface area (TPSA) is 67.6 Å². The number of benzene rings is 1. The maximum atomic E-state index is 5.63. The fourth-order valence-electron chi connectivity index (χ4n) is 1.75. The molecule has 4 nitrogen and oxygen atoms in total. The van der Waals surface area contributed by atoms with Crippen LogP contribution in [0.2, 0.25) is 0 Å². The van der Waals surface area contributed by atoms with E-state index in [2.05, 4.69) is 15.2 Å². The molecule has 0 unspecified atom stereocenters. The van der Waals surface area contributed by atoms with Crippen LogP contribution in [0.15, 0.2) is 41.8 Å². The molecule has 2 heterocycles. The Bertz CT molecular complexity index is 643. The van der Waals surface area contributed by atoms with E-state index in [1.54, 1.807) is 11.3 Å². The lowest BCUT2D eigenvalue weighted by atomic mass is 10.1. The van der Waals surface area contributed by atoms with E-state index in [0.717, 1.165) is 21.8 Å². The van der Waals surface area contributed by atoms with Crippen molar-refractivity contribution in [2.75, 3.05) is 0 Å². The Hall–Kier alpha value is -1.98.